The van der Waals surface area contributed by atoms with Crippen LogP contribution in [-0.4, -0.2) is 33.3 Å². The fraction of sp³-hybridized carbons (Fsp3) is 0.556. The number of fused-ring (bicyclic) bond motifs is 1. The second-order valence-corrected chi connectivity index (χ2v) is 3.93. The third-order valence-electron chi connectivity index (χ3n) is 2.56. The Labute approximate surface area is 92.8 Å². The SMILES string of the molecule is CCNC(=S)N1CCc2[nH][nH]c(=O)c2C1. The first-order valence-electron chi connectivity index (χ1n) is 5.03. The number of aromatic amines is 2. The van der Waals surface area contributed by atoms with Crippen LogP contribution in [0.25, 0.3) is 0 Å². The van der Waals surface area contributed by atoms with Gasteiger partial charge in [-0.2, -0.15) is 0 Å². The van der Waals surface area contributed by atoms with E-state index in [2.05, 4.69) is 15.5 Å². The van der Waals surface area contributed by atoms with Gasteiger partial charge in [-0.1, -0.05) is 0 Å². The van der Waals surface area contributed by atoms with E-state index in [0.29, 0.717) is 6.54 Å². The third kappa shape index (κ3) is 1.90. The summed E-state index contributed by atoms with van der Waals surface area (Å²) in [6.45, 7) is 4.27. The maximum atomic E-state index is 11.4. The number of nitrogens with one attached hydrogen (secondary N) is 3. The van der Waals surface area contributed by atoms with E-state index in [1.54, 1.807) is 0 Å². The summed E-state index contributed by atoms with van der Waals surface area (Å²) in [7, 11) is 0. The van der Waals surface area contributed by atoms with Crippen LogP contribution in [0, 0.1) is 0 Å². The highest BCUT2D eigenvalue weighted by atomic mass is 32.1. The molecule has 82 valence electrons. The standard InChI is InChI=1S/C9H14N4OS/c1-2-10-9(15)13-4-3-7-6(5-13)8(14)12-11-7/h2-5H2,1H3,(H,10,15)(H2,11,12,14). The zero-order chi connectivity index (χ0) is 10.8. The molecule has 0 atom stereocenters. The molecule has 15 heavy (non-hydrogen) atoms. The molecule has 0 aromatic carbocycles. The fourth-order valence-electron chi connectivity index (χ4n) is 1.75. The smallest absolute Gasteiger partial charge is 0.269 e. The van der Waals surface area contributed by atoms with Crippen LogP contribution in [0.15, 0.2) is 4.79 Å². The van der Waals surface area contributed by atoms with Gasteiger partial charge in [0.2, 0.25) is 0 Å². The first-order chi connectivity index (χ1) is 7.22. The highest BCUT2D eigenvalue weighted by Gasteiger charge is 2.21. The Bertz CT molecular complexity index is 422. The molecule has 2 rings (SSSR count). The average molecular weight is 226 g/mol. The van der Waals surface area contributed by atoms with Crippen molar-refractivity contribution in [1.82, 2.24) is 20.4 Å². The van der Waals surface area contributed by atoms with Crippen LogP contribution >= 0.6 is 12.2 Å². The first kappa shape index (κ1) is 10.2. The molecule has 0 amide bonds. The Morgan fingerprint density at radius 3 is 3.13 bits per heavy atom. The molecule has 0 fully saturated rings. The molecule has 0 saturated heterocycles. The number of hydrogen-bond acceptors (Lipinski definition) is 2. The molecule has 0 bridgehead atoms. The van der Waals surface area contributed by atoms with Gasteiger partial charge in [0.05, 0.1) is 12.1 Å². The van der Waals surface area contributed by atoms with Gasteiger partial charge in [-0.15, -0.1) is 0 Å². The lowest BCUT2D eigenvalue weighted by Gasteiger charge is -2.28. The minimum atomic E-state index is -0.0333. The Kier molecular flexibility index (Phi) is 2.77. The summed E-state index contributed by atoms with van der Waals surface area (Å²) in [5, 5.41) is 9.31. The van der Waals surface area contributed by atoms with Crippen LogP contribution in [0.1, 0.15) is 18.2 Å². The van der Waals surface area contributed by atoms with Gasteiger partial charge in [0.1, 0.15) is 0 Å². The maximum absolute atomic E-state index is 11.4. The molecule has 0 unspecified atom stereocenters. The van der Waals surface area contributed by atoms with E-state index in [4.69, 9.17) is 12.2 Å². The van der Waals surface area contributed by atoms with Crippen molar-refractivity contribution in [2.75, 3.05) is 13.1 Å². The number of rotatable bonds is 1. The molecule has 3 N–H and O–H groups in total. The van der Waals surface area contributed by atoms with Crippen molar-refractivity contribution in [3.63, 3.8) is 0 Å². The summed E-state index contributed by atoms with van der Waals surface area (Å²) >= 11 is 5.21. The zero-order valence-electron chi connectivity index (χ0n) is 8.59. The second kappa shape index (κ2) is 4.06. The van der Waals surface area contributed by atoms with E-state index in [-0.39, 0.29) is 5.56 Å². The molecule has 1 aromatic rings. The lowest BCUT2D eigenvalue weighted by Crippen LogP contribution is -2.43. The minimum absolute atomic E-state index is 0.0333. The molecular formula is C9H14N4OS. The monoisotopic (exact) mass is 226 g/mol. The van der Waals surface area contributed by atoms with Gasteiger partial charge >= 0.3 is 0 Å². The molecule has 1 aliphatic heterocycles. The van der Waals surface area contributed by atoms with E-state index in [1.165, 1.54) is 0 Å². The van der Waals surface area contributed by atoms with E-state index >= 15 is 0 Å². The average Bonchev–Trinajstić information content (AvgIpc) is 2.60. The first-order valence-corrected chi connectivity index (χ1v) is 5.44. The zero-order valence-corrected chi connectivity index (χ0v) is 9.41. The van der Waals surface area contributed by atoms with Gasteiger partial charge in [-0.25, -0.2) is 0 Å². The van der Waals surface area contributed by atoms with E-state index in [9.17, 15) is 4.79 Å². The van der Waals surface area contributed by atoms with Crippen LogP contribution in [-0.2, 0) is 13.0 Å². The molecule has 2 heterocycles. The van der Waals surface area contributed by atoms with Crippen molar-refractivity contribution in [2.45, 2.75) is 19.9 Å². The van der Waals surface area contributed by atoms with E-state index < -0.39 is 0 Å². The Balaban J connectivity index is 2.14. The van der Waals surface area contributed by atoms with Crippen LogP contribution in [0.2, 0.25) is 0 Å². The summed E-state index contributed by atoms with van der Waals surface area (Å²) in [6.07, 6.45) is 0.833. The van der Waals surface area contributed by atoms with Crippen molar-refractivity contribution in [1.29, 1.82) is 0 Å². The van der Waals surface area contributed by atoms with Crippen molar-refractivity contribution >= 4 is 17.3 Å². The molecule has 6 heteroatoms. The normalized spacial score (nSPS) is 14.9. The van der Waals surface area contributed by atoms with Crippen LogP contribution in [0.4, 0.5) is 0 Å². The molecule has 1 aliphatic rings. The van der Waals surface area contributed by atoms with Gasteiger partial charge in [-0.3, -0.25) is 9.89 Å². The molecular weight excluding hydrogens is 212 g/mol. The molecule has 5 nitrogen and oxygen atoms in total. The number of hydrogen-bond donors (Lipinski definition) is 3. The van der Waals surface area contributed by atoms with Gasteiger partial charge in [0.25, 0.3) is 5.56 Å². The second-order valence-electron chi connectivity index (χ2n) is 3.54. The van der Waals surface area contributed by atoms with Crippen molar-refractivity contribution in [3.05, 3.63) is 21.6 Å². The molecule has 1 aromatic heterocycles. The van der Waals surface area contributed by atoms with Crippen molar-refractivity contribution < 1.29 is 0 Å². The number of H-pyrrole nitrogens is 2. The van der Waals surface area contributed by atoms with Gasteiger partial charge < -0.3 is 15.3 Å². The summed E-state index contributed by atoms with van der Waals surface area (Å²) < 4.78 is 0. The van der Waals surface area contributed by atoms with E-state index in [0.717, 1.165) is 35.9 Å². The van der Waals surface area contributed by atoms with Gasteiger partial charge in [0, 0.05) is 25.2 Å². The lowest BCUT2D eigenvalue weighted by atomic mass is 10.1. The maximum Gasteiger partial charge on any atom is 0.269 e. The Hall–Kier alpha value is -1.30. The van der Waals surface area contributed by atoms with E-state index in [1.807, 2.05) is 11.8 Å². The lowest BCUT2D eigenvalue weighted by molar-refractivity contribution is 0.385. The van der Waals surface area contributed by atoms with Gasteiger partial charge in [-0.05, 0) is 19.1 Å². The quantitative estimate of drug-likeness (QED) is 0.588. The number of thiocarbonyl (C=S) groups is 1. The van der Waals surface area contributed by atoms with Crippen LogP contribution < -0.4 is 10.9 Å². The predicted molar refractivity (Wildman–Crippen MR) is 61.8 cm³/mol. The van der Waals surface area contributed by atoms with Crippen molar-refractivity contribution in [3.8, 4) is 0 Å². The fourth-order valence-corrected chi connectivity index (χ4v) is 2.05. The van der Waals surface area contributed by atoms with Crippen molar-refractivity contribution in [2.24, 2.45) is 0 Å². The minimum Gasteiger partial charge on any atom is -0.363 e. The van der Waals surface area contributed by atoms with Crippen LogP contribution in [0.5, 0.6) is 0 Å². The number of aromatic nitrogens is 2. The highest BCUT2D eigenvalue weighted by Crippen LogP contribution is 2.12. The van der Waals surface area contributed by atoms with Gasteiger partial charge in [0.15, 0.2) is 5.11 Å². The number of nitrogens with zero attached hydrogens (tertiary/aromatic N) is 1. The molecule has 0 saturated carbocycles. The Morgan fingerprint density at radius 2 is 2.40 bits per heavy atom. The third-order valence-corrected chi connectivity index (χ3v) is 2.96. The summed E-state index contributed by atoms with van der Waals surface area (Å²) in [5.74, 6) is 0. The highest BCUT2D eigenvalue weighted by molar-refractivity contribution is 7.80. The largest absolute Gasteiger partial charge is 0.363 e. The summed E-state index contributed by atoms with van der Waals surface area (Å²) in [4.78, 5) is 13.4. The summed E-state index contributed by atoms with van der Waals surface area (Å²) in [6, 6.07) is 0. The molecule has 0 spiro atoms. The molecule has 0 radical (unpaired) electrons. The molecule has 0 aliphatic carbocycles. The summed E-state index contributed by atoms with van der Waals surface area (Å²) in [5.41, 5.74) is 1.78. The van der Waals surface area contributed by atoms with Crippen LogP contribution in [0.3, 0.4) is 0 Å². The predicted octanol–water partition coefficient (Wildman–Crippen LogP) is -0.0445. The topological polar surface area (TPSA) is 63.9 Å². The Morgan fingerprint density at radius 1 is 1.60 bits per heavy atom.